The number of ether oxygens (including phenoxy) is 1. The van der Waals surface area contributed by atoms with Gasteiger partial charge in [0.05, 0.1) is 17.7 Å². The van der Waals surface area contributed by atoms with Gasteiger partial charge in [0.2, 0.25) is 5.95 Å². The smallest absolute Gasteiger partial charge is 0.338 e. The molecule has 0 atom stereocenters. The van der Waals surface area contributed by atoms with Crippen molar-refractivity contribution in [2.45, 2.75) is 13.5 Å². The summed E-state index contributed by atoms with van der Waals surface area (Å²) in [6, 6.07) is 11.4. The fourth-order valence-electron chi connectivity index (χ4n) is 2.78. The lowest BCUT2D eigenvalue weighted by Crippen LogP contribution is -2.08. The molecule has 8 heteroatoms. The molecule has 29 heavy (non-hydrogen) atoms. The van der Waals surface area contributed by atoms with Crippen LogP contribution in [0.4, 0.5) is 5.82 Å². The minimum Gasteiger partial charge on any atom is -0.462 e. The second-order valence-corrected chi connectivity index (χ2v) is 7.10. The summed E-state index contributed by atoms with van der Waals surface area (Å²) in [4.78, 5) is 26.1. The summed E-state index contributed by atoms with van der Waals surface area (Å²) in [5.74, 6) is 0.969. The number of hydrogen-bond donors (Lipinski definition) is 1. The number of aromatic nitrogens is 4. The Kier molecular flexibility index (Phi) is 5.62. The van der Waals surface area contributed by atoms with Crippen molar-refractivity contribution in [2.24, 2.45) is 0 Å². The summed E-state index contributed by atoms with van der Waals surface area (Å²) in [6.07, 6.45) is 6.98. The van der Waals surface area contributed by atoms with E-state index in [1.165, 1.54) is 0 Å². The standard InChI is InChI=1S/C21H19N5O2S/c1-2-28-20(27)16-7-5-15(6-8-16)12-23-19-17(18-4-3-11-29-18)13-24-21(25-19)26-10-9-22-14-26/h3-11,13-14H,2,12H2,1H3,(H,23,24,25). The van der Waals surface area contributed by atoms with Crippen LogP contribution in [0.25, 0.3) is 16.4 Å². The van der Waals surface area contributed by atoms with E-state index < -0.39 is 0 Å². The van der Waals surface area contributed by atoms with Crippen molar-refractivity contribution in [1.29, 1.82) is 0 Å². The number of carbonyl (C=O) groups excluding carboxylic acids is 1. The van der Waals surface area contributed by atoms with Crippen LogP contribution in [0.2, 0.25) is 0 Å². The van der Waals surface area contributed by atoms with Gasteiger partial charge in [0, 0.05) is 30.0 Å². The highest BCUT2D eigenvalue weighted by molar-refractivity contribution is 7.13. The molecular weight excluding hydrogens is 386 g/mol. The zero-order valence-electron chi connectivity index (χ0n) is 15.8. The largest absolute Gasteiger partial charge is 0.462 e. The third-order valence-corrected chi connectivity index (χ3v) is 5.13. The number of nitrogens with zero attached hydrogens (tertiary/aromatic N) is 4. The van der Waals surface area contributed by atoms with Crippen LogP contribution in [0.3, 0.4) is 0 Å². The fourth-order valence-corrected chi connectivity index (χ4v) is 3.52. The maximum absolute atomic E-state index is 11.8. The first-order chi connectivity index (χ1) is 14.2. The van der Waals surface area contributed by atoms with E-state index in [0.29, 0.717) is 24.7 Å². The Hall–Kier alpha value is -3.52. The average Bonchev–Trinajstić information content (AvgIpc) is 3.47. The van der Waals surface area contributed by atoms with Crippen molar-refractivity contribution in [2.75, 3.05) is 11.9 Å². The maximum Gasteiger partial charge on any atom is 0.338 e. The Balaban J connectivity index is 1.56. The molecule has 3 heterocycles. The molecule has 0 radical (unpaired) electrons. The van der Waals surface area contributed by atoms with Crippen LogP contribution in [0.15, 0.2) is 66.7 Å². The van der Waals surface area contributed by atoms with Crippen molar-refractivity contribution in [3.8, 4) is 16.4 Å². The monoisotopic (exact) mass is 405 g/mol. The van der Waals surface area contributed by atoms with Crippen LogP contribution in [0, 0.1) is 0 Å². The highest BCUT2D eigenvalue weighted by atomic mass is 32.1. The molecule has 0 fully saturated rings. The van der Waals surface area contributed by atoms with Gasteiger partial charge in [-0.15, -0.1) is 11.3 Å². The molecule has 0 amide bonds. The molecule has 0 aliphatic rings. The van der Waals surface area contributed by atoms with Crippen molar-refractivity contribution in [1.82, 2.24) is 19.5 Å². The molecule has 1 aromatic carbocycles. The number of anilines is 1. The second-order valence-electron chi connectivity index (χ2n) is 6.15. The lowest BCUT2D eigenvalue weighted by atomic mass is 10.1. The molecule has 4 rings (SSSR count). The van der Waals surface area contributed by atoms with Crippen LogP contribution < -0.4 is 5.32 Å². The van der Waals surface area contributed by atoms with Gasteiger partial charge in [0.15, 0.2) is 0 Å². The Morgan fingerprint density at radius 1 is 1.24 bits per heavy atom. The van der Waals surface area contributed by atoms with Gasteiger partial charge in [-0.2, -0.15) is 4.98 Å². The molecule has 0 saturated carbocycles. The molecule has 0 bridgehead atoms. The number of benzene rings is 1. The molecule has 0 aliphatic heterocycles. The lowest BCUT2D eigenvalue weighted by Gasteiger charge is -2.12. The number of carbonyl (C=O) groups is 1. The molecular formula is C21H19N5O2S. The van der Waals surface area contributed by atoms with E-state index in [9.17, 15) is 4.79 Å². The number of nitrogens with one attached hydrogen (secondary N) is 1. The van der Waals surface area contributed by atoms with Gasteiger partial charge in [-0.05, 0) is 36.1 Å². The highest BCUT2D eigenvalue weighted by Crippen LogP contribution is 2.30. The summed E-state index contributed by atoms with van der Waals surface area (Å²) >= 11 is 1.63. The first-order valence-electron chi connectivity index (χ1n) is 9.14. The van der Waals surface area contributed by atoms with Crippen molar-refractivity contribution in [3.63, 3.8) is 0 Å². The SMILES string of the molecule is CCOC(=O)c1ccc(CNc2nc(-n3ccnc3)ncc2-c2cccs2)cc1. The summed E-state index contributed by atoms with van der Waals surface area (Å²) in [5.41, 5.74) is 2.50. The first-order valence-corrected chi connectivity index (χ1v) is 10.0. The average molecular weight is 405 g/mol. The van der Waals surface area contributed by atoms with Gasteiger partial charge in [-0.3, -0.25) is 4.57 Å². The summed E-state index contributed by atoms with van der Waals surface area (Å²) in [7, 11) is 0. The molecule has 0 aliphatic carbocycles. The van der Waals surface area contributed by atoms with Gasteiger partial charge < -0.3 is 10.1 Å². The Labute approximate surface area is 172 Å². The number of hydrogen-bond acceptors (Lipinski definition) is 7. The number of esters is 1. The molecule has 0 unspecified atom stereocenters. The molecule has 3 aromatic heterocycles. The van der Waals surface area contributed by atoms with Crippen LogP contribution in [-0.2, 0) is 11.3 Å². The number of rotatable bonds is 7. The van der Waals surface area contributed by atoms with Gasteiger partial charge >= 0.3 is 5.97 Å². The fraction of sp³-hybridized carbons (Fsp3) is 0.143. The lowest BCUT2D eigenvalue weighted by molar-refractivity contribution is 0.0526. The van der Waals surface area contributed by atoms with E-state index in [1.54, 1.807) is 53.7 Å². The maximum atomic E-state index is 11.8. The Morgan fingerprint density at radius 2 is 2.10 bits per heavy atom. The third-order valence-electron chi connectivity index (χ3n) is 4.22. The quantitative estimate of drug-likeness (QED) is 0.465. The third kappa shape index (κ3) is 4.33. The van der Waals surface area contributed by atoms with Gasteiger partial charge in [0.25, 0.3) is 0 Å². The molecule has 146 valence electrons. The summed E-state index contributed by atoms with van der Waals surface area (Å²) in [5, 5.41) is 5.42. The Bertz CT molecular complexity index is 1080. The highest BCUT2D eigenvalue weighted by Gasteiger charge is 2.12. The molecule has 4 aromatic rings. The molecule has 7 nitrogen and oxygen atoms in total. The van der Waals surface area contributed by atoms with Crippen LogP contribution in [-0.4, -0.2) is 32.1 Å². The zero-order valence-corrected chi connectivity index (χ0v) is 16.6. The van der Waals surface area contributed by atoms with E-state index in [4.69, 9.17) is 4.74 Å². The van der Waals surface area contributed by atoms with E-state index in [1.807, 2.05) is 35.8 Å². The predicted molar refractivity (Wildman–Crippen MR) is 112 cm³/mol. The zero-order chi connectivity index (χ0) is 20.1. The number of imidazole rings is 1. The summed E-state index contributed by atoms with van der Waals surface area (Å²) < 4.78 is 6.79. The first kappa shape index (κ1) is 18.8. The molecule has 1 N–H and O–H groups in total. The van der Waals surface area contributed by atoms with Crippen molar-refractivity contribution in [3.05, 3.63) is 77.8 Å². The number of thiophene rings is 1. The molecule has 0 spiro atoms. The van der Waals surface area contributed by atoms with E-state index in [0.717, 1.165) is 21.8 Å². The van der Waals surface area contributed by atoms with Gasteiger partial charge in [-0.25, -0.2) is 14.8 Å². The van der Waals surface area contributed by atoms with E-state index in [2.05, 4.69) is 20.3 Å². The predicted octanol–water partition coefficient (Wildman–Crippen LogP) is 4.18. The molecule has 0 saturated heterocycles. The minimum absolute atomic E-state index is 0.312. The topological polar surface area (TPSA) is 81.9 Å². The normalized spacial score (nSPS) is 10.7. The van der Waals surface area contributed by atoms with Crippen molar-refractivity contribution >= 4 is 23.1 Å². The van der Waals surface area contributed by atoms with Crippen LogP contribution in [0.5, 0.6) is 0 Å². The minimum atomic E-state index is -0.312. The van der Waals surface area contributed by atoms with Crippen LogP contribution in [0.1, 0.15) is 22.8 Å². The van der Waals surface area contributed by atoms with Crippen LogP contribution >= 0.6 is 11.3 Å². The van der Waals surface area contributed by atoms with Crippen molar-refractivity contribution < 1.29 is 9.53 Å². The van der Waals surface area contributed by atoms with E-state index >= 15 is 0 Å². The van der Waals surface area contributed by atoms with E-state index in [-0.39, 0.29) is 5.97 Å². The van der Waals surface area contributed by atoms with Gasteiger partial charge in [-0.1, -0.05) is 18.2 Å². The summed E-state index contributed by atoms with van der Waals surface area (Å²) in [6.45, 7) is 2.71. The Morgan fingerprint density at radius 3 is 2.79 bits per heavy atom. The second kappa shape index (κ2) is 8.66. The van der Waals surface area contributed by atoms with Gasteiger partial charge in [0.1, 0.15) is 12.1 Å².